The first-order valence-corrected chi connectivity index (χ1v) is 9.62. The van der Waals surface area contributed by atoms with E-state index < -0.39 is 5.97 Å². The van der Waals surface area contributed by atoms with Gasteiger partial charge in [-0.1, -0.05) is 19.1 Å². The van der Waals surface area contributed by atoms with Crippen molar-refractivity contribution < 1.29 is 23.5 Å². The SMILES string of the molecule is CCCC(=O)C(=CNc1ccccc1OC)C(=O)OCC.O=c1oc2ccc1cc2. The third-order valence-electron chi connectivity index (χ3n) is 4.05. The van der Waals surface area contributed by atoms with Crippen LogP contribution in [-0.2, 0) is 14.3 Å². The number of benzene rings is 2. The molecule has 0 aliphatic rings. The number of nitrogens with one attached hydrogen (secondary N) is 1. The summed E-state index contributed by atoms with van der Waals surface area (Å²) in [6, 6.07) is 14.3. The van der Waals surface area contributed by atoms with Crippen molar-refractivity contribution in [3.8, 4) is 5.75 Å². The first-order valence-electron chi connectivity index (χ1n) is 9.62. The van der Waals surface area contributed by atoms with Gasteiger partial charge in [-0.3, -0.25) is 4.79 Å². The number of hydrogen-bond donors (Lipinski definition) is 1. The Morgan fingerprint density at radius 3 is 2.27 bits per heavy atom. The maximum absolute atomic E-state index is 12.0. The third-order valence-corrected chi connectivity index (χ3v) is 4.05. The van der Waals surface area contributed by atoms with Crippen LogP contribution in [-0.4, -0.2) is 25.5 Å². The van der Waals surface area contributed by atoms with Crippen LogP contribution in [0.3, 0.4) is 0 Å². The third kappa shape index (κ3) is 6.20. The molecule has 1 N–H and O–H groups in total. The molecule has 0 aliphatic heterocycles. The van der Waals surface area contributed by atoms with E-state index >= 15 is 0 Å². The van der Waals surface area contributed by atoms with Gasteiger partial charge in [0.2, 0.25) is 0 Å². The zero-order chi connectivity index (χ0) is 21.9. The van der Waals surface area contributed by atoms with E-state index in [1.165, 1.54) is 6.20 Å². The standard InChI is InChI=1S/C16H21NO4.C7H4O2/c1-4-8-14(18)12(16(19)21-5-2)11-17-13-9-6-7-10-15(13)20-3;8-7-5-1-3-6(9-7)4-2-5/h6-7,9-11,17H,4-5,8H2,1-3H3;1-4H. The smallest absolute Gasteiger partial charge is 0.343 e. The number of methoxy groups -OCH3 is 1. The first-order chi connectivity index (χ1) is 14.5. The van der Waals surface area contributed by atoms with E-state index in [2.05, 4.69) is 5.32 Å². The average molecular weight is 411 g/mol. The van der Waals surface area contributed by atoms with E-state index in [1.807, 2.05) is 19.1 Å². The number of rotatable bonds is 8. The minimum Gasteiger partial charge on any atom is -0.495 e. The molecule has 2 heterocycles. The van der Waals surface area contributed by atoms with Gasteiger partial charge < -0.3 is 19.2 Å². The molecule has 0 amide bonds. The Hall–Kier alpha value is -3.61. The molecule has 0 radical (unpaired) electrons. The highest BCUT2D eigenvalue weighted by atomic mass is 16.5. The van der Waals surface area contributed by atoms with Gasteiger partial charge in [0.25, 0.3) is 0 Å². The van der Waals surface area contributed by atoms with Crippen LogP contribution >= 0.6 is 0 Å². The highest BCUT2D eigenvalue weighted by Gasteiger charge is 2.18. The van der Waals surface area contributed by atoms with Gasteiger partial charge in [0.05, 0.1) is 24.8 Å². The number of Topliss-reactive ketones (excluding diaryl/α,β-unsaturated/α-hetero) is 1. The summed E-state index contributed by atoms with van der Waals surface area (Å²) in [6.45, 7) is 3.81. The van der Waals surface area contributed by atoms with Crippen molar-refractivity contribution >= 4 is 28.4 Å². The molecule has 7 heteroatoms. The number of ether oxygens (including phenoxy) is 2. The maximum atomic E-state index is 12.0. The predicted molar refractivity (Wildman–Crippen MR) is 115 cm³/mol. The number of ketones is 1. The molecule has 2 aromatic carbocycles. The van der Waals surface area contributed by atoms with Crippen LogP contribution in [0.2, 0.25) is 0 Å². The minimum absolute atomic E-state index is 0.0182. The summed E-state index contributed by atoms with van der Waals surface area (Å²) in [6.07, 6.45) is 2.36. The van der Waals surface area contributed by atoms with Gasteiger partial charge in [0.1, 0.15) is 16.9 Å². The molecule has 0 fully saturated rings. The zero-order valence-electron chi connectivity index (χ0n) is 17.3. The van der Waals surface area contributed by atoms with Crippen LogP contribution in [0, 0.1) is 0 Å². The van der Waals surface area contributed by atoms with Gasteiger partial charge in [-0.15, -0.1) is 0 Å². The monoisotopic (exact) mass is 411 g/mol. The summed E-state index contributed by atoms with van der Waals surface area (Å²) in [5.41, 5.74) is 1.08. The van der Waals surface area contributed by atoms with Gasteiger partial charge in [-0.2, -0.15) is 0 Å². The lowest BCUT2D eigenvalue weighted by atomic mass is 10.1. The van der Waals surface area contributed by atoms with E-state index in [-0.39, 0.29) is 23.6 Å². The van der Waals surface area contributed by atoms with Gasteiger partial charge in [0.15, 0.2) is 5.78 Å². The molecule has 2 bridgehead atoms. The quantitative estimate of drug-likeness (QED) is 0.257. The average Bonchev–Trinajstić information content (AvgIpc) is 2.76. The summed E-state index contributed by atoms with van der Waals surface area (Å²) in [7, 11) is 1.55. The number of hydrogen-bond acceptors (Lipinski definition) is 7. The number of anilines is 1. The summed E-state index contributed by atoms with van der Waals surface area (Å²) in [5.74, 6) is -0.225. The lowest BCUT2D eigenvalue weighted by Gasteiger charge is -2.10. The predicted octanol–water partition coefficient (Wildman–Crippen LogP) is 4.15. The molecule has 0 aliphatic carbocycles. The summed E-state index contributed by atoms with van der Waals surface area (Å²) < 4.78 is 14.9. The molecule has 7 nitrogen and oxygen atoms in total. The number of esters is 1. The fourth-order valence-electron chi connectivity index (χ4n) is 2.56. The van der Waals surface area contributed by atoms with Crippen molar-refractivity contribution in [1.29, 1.82) is 0 Å². The van der Waals surface area contributed by atoms with Crippen LogP contribution < -0.4 is 15.7 Å². The van der Waals surface area contributed by atoms with Crippen molar-refractivity contribution in [1.82, 2.24) is 0 Å². The summed E-state index contributed by atoms with van der Waals surface area (Å²) in [4.78, 5) is 34.5. The Morgan fingerprint density at radius 1 is 1.07 bits per heavy atom. The fourth-order valence-corrected chi connectivity index (χ4v) is 2.56. The van der Waals surface area contributed by atoms with Crippen LogP contribution in [0.5, 0.6) is 5.75 Å². The number of para-hydroxylation sites is 2. The van der Waals surface area contributed by atoms with E-state index in [0.29, 0.717) is 35.2 Å². The number of carbonyl (C=O) groups is 2. The number of carbonyl (C=O) groups excluding carboxylic acids is 2. The van der Waals surface area contributed by atoms with E-state index in [4.69, 9.17) is 13.9 Å². The van der Waals surface area contributed by atoms with Crippen molar-refractivity contribution in [2.24, 2.45) is 0 Å². The molecule has 0 unspecified atom stereocenters. The van der Waals surface area contributed by atoms with Crippen LogP contribution in [0.1, 0.15) is 26.7 Å². The van der Waals surface area contributed by atoms with E-state index in [1.54, 1.807) is 50.4 Å². The largest absolute Gasteiger partial charge is 0.495 e. The highest BCUT2D eigenvalue weighted by Crippen LogP contribution is 2.23. The van der Waals surface area contributed by atoms with Crippen molar-refractivity contribution in [3.63, 3.8) is 0 Å². The second-order valence-electron chi connectivity index (χ2n) is 6.21. The van der Waals surface area contributed by atoms with Gasteiger partial charge in [-0.25, -0.2) is 9.59 Å². The Balaban J connectivity index is 0.000000290. The van der Waals surface area contributed by atoms with Gasteiger partial charge >= 0.3 is 11.6 Å². The summed E-state index contributed by atoms with van der Waals surface area (Å²) in [5, 5.41) is 3.56. The van der Waals surface area contributed by atoms with Crippen LogP contribution in [0.25, 0.3) is 11.0 Å². The Kier molecular flexibility index (Phi) is 8.62. The fraction of sp³-hybridized carbons (Fsp3) is 0.261. The minimum atomic E-state index is -0.613. The zero-order valence-corrected chi connectivity index (χ0v) is 17.3. The molecule has 0 saturated carbocycles. The normalized spacial score (nSPS) is 10.8. The molecular formula is C23H25NO6. The van der Waals surface area contributed by atoms with Crippen molar-refractivity contribution in [2.75, 3.05) is 19.0 Å². The summed E-state index contributed by atoms with van der Waals surface area (Å²) >= 11 is 0. The Labute approximate surface area is 174 Å². The van der Waals surface area contributed by atoms with E-state index in [9.17, 15) is 14.4 Å². The number of fused-ring (bicyclic) bond motifs is 3. The molecule has 4 aromatic rings. The Bertz CT molecular complexity index is 1010. The molecule has 158 valence electrons. The van der Waals surface area contributed by atoms with E-state index in [0.717, 1.165) is 0 Å². The molecular weight excluding hydrogens is 386 g/mol. The maximum Gasteiger partial charge on any atom is 0.343 e. The molecule has 0 saturated heterocycles. The molecule has 30 heavy (non-hydrogen) atoms. The molecule has 0 atom stereocenters. The van der Waals surface area contributed by atoms with Crippen LogP contribution in [0.4, 0.5) is 5.69 Å². The second kappa shape index (κ2) is 11.4. The first kappa shape index (κ1) is 22.7. The lowest BCUT2D eigenvalue weighted by molar-refractivity contribution is -0.140. The van der Waals surface area contributed by atoms with Gasteiger partial charge in [-0.05, 0) is 49.7 Å². The second-order valence-corrected chi connectivity index (χ2v) is 6.21. The molecule has 4 rings (SSSR count). The topological polar surface area (TPSA) is 94.8 Å². The highest BCUT2D eigenvalue weighted by molar-refractivity contribution is 6.17. The van der Waals surface area contributed by atoms with Crippen molar-refractivity contribution in [3.05, 3.63) is 70.7 Å². The Morgan fingerprint density at radius 2 is 1.77 bits per heavy atom. The van der Waals surface area contributed by atoms with Crippen LogP contribution in [0.15, 0.2) is 69.5 Å². The van der Waals surface area contributed by atoms with Gasteiger partial charge in [0, 0.05) is 12.6 Å². The molecule has 0 spiro atoms. The lowest BCUT2D eigenvalue weighted by Crippen LogP contribution is -2.17. The van der Waals surface area contributed by atoms with Crippen molar-refractivity contribution in [2.45, 2.75) is 26.7 Å². The molecule has 2 aromatic heterocycles.